The first-order valence-corrected chi connectivity index (χ1v) is 5.50. The largest absolute Gasteiger partial charge is 0.354 e. The van der Waals surface area contributed by atoms with Crippen LogP contribution in [0.25, 0.3) is 11.0 Å². The molecule has 0 saturated heterocycles. The Hall–Kier alpha value is -1.51. The number of rotatable bonds is 1. The van der Waals surface area contributed by atoms with Crippen LogP contribution in [0, 0.1) is 0 Å². The Labute approximate surface area is 89.1 Å². The van der Waals surface area contributed by atoms with Crippen LogP contribution in [0.1, 0.15) is 25.3 Å². The van der Waals surface area contributed by atoms with Gasteiger partial charge in [-0.3, -0.25) is 0 Å². The highest BCUT2D eigenvalue weighted by Crippen LogP contribution is 2.26. The summed E-state index contributed by atoms with van der Waals surface area (Å²) >= 11 is 0. The molecule has 2 aromatic rings. The first-order chi connectivity index (χ1) is 7.25. The van der Waals surface area contributed by atoms with Gasteiger partial charge in [-0.2, -0.15) is 0 Å². The average Bonchev–Trinajstić information content (AvgIpc) is 2.75. The fourth-order valence-electron chi connectivity index (χ4n) is 2.15. The van der Waals surface area contributed by atoms with Crippen LogP contribution in [-0.4, -0.2) is 16.1 Å². The van der Waals surface area contributed by atoms with E-state index in [1.807, 2.05) is 0 Å². The van der Waals surface area contributed by atoms with E-state index in [2.05, 4.69) is 46.9 Å². The molecule has 0 radical (unpaired) electrons. The topological polar surface area (TPSA) is 29.9 Å². The monoisotopic (exact) mass is 201 g/mol. The van der Waals surface area contributed by atoms with Crippen LogP contribution < -0.4 is 5.32 Å². The summed E-state index contributed by atoms with van der Waals surface area (Å²) < 4.78 is 2.25. The van der Waals surface area contributed by atoms with Crippen molar-refractivity contribution in [3.63, 3.8) is 0 Å². The number of hydrogen-bond donors (Lipinski definition) is 1. The minimum atomic E-state index is 0.568. The summed E-state index contributed by atoms with van der Waals surface area (Å²) in [6.45, 7) is 6.46. The van der Waals surface area contributed by atoms with E-state index in [1.54, 1.807) is 0 Å². The van der Waals surface area contributed by atoms with E-state index >= 15 is 0 Å². The van der Waals surface area contributed by atoms with Gasteiger partial charge < -0.3 is 9.88 Å². The zero-order valence-corrected chi connectivity index (χ0v) is 9.12. The number of fused-ring (bicyclic) bond motifs is 3. The van der Waals surface area contributed by atoms with Crippen LogP contribution in [0.3, 0.4) is 0 Å². The molecule has 2 heterocycles. The summed E-state index contributed by atoms with van der Waals surface area (Å²) in [5.74, 6) is 1.59. The number of hydrogen-bond acceptors (Lipinski definition) is 2. The highest BCUT2D eigenvalue weighted by molar-refractivity contribution is 5.80. The second kappa shape index (κ2) is 2.99. The molecule has 1 aliphatic rings. The van der Waals surface area contributed by atoms with Crippen LogP contribution in [-0.2, 0) is 6.54 Å². The van der Waals surface area contributed by atoms with Crippen molar-refractivity contribution in [2.24, 2.45) is 0 Å². The van der Waals surface area contributed by atoms with E-state index in [4.69, 9.17) is 0 Å². The van der Waals surface area contributed by atoms with Crippen LogP contribution in [0.4, 0.5) is 5.95 Å². The summed E-state index contributed by atoms with van der Waals surface area (Å²) in [4.78, 5) is 4.59. The van der Waals surface area contributed by atoms with Crippen molar-refractivity contribution in [2.75, 3.05) is 11.9 Å². The zero-order chi connectivity index (χ0) is 10.4. The van der Waals surface area contributed by atoms with Gasteiger partial charge in [-0.25, -0.2) is 4.98 Å². The maximum Gasteiger partial charge on any atom is 0.204 e. The highest BCUT2D eigenvalue weighted by Gasteiger charge is 2.15. The zero-order valence-electron chi connectivity index (χ0n) is 9.12. The van der Waals surface area contributed by atoms with E-state index < -0.39 is 0 Å². The minimum Gasteiger partial charge on any atom is -0.354 e. The lowest BCUT2D eigenvalue weighted by molar-refractivity contribution is 0.835. The average molecular weight is 201 g/mol. The third kappa shape index (κ3) is 1.23. The van der Waals surface area contributed by atoms with E-state index in [9.17, 15) is 0 Å². The molecule has 3 nitrogen and oxygen atoms in total. The predicted molar refractivity (Wildman–Crippen MR) is 62.3 cm³/mol. The molecular formula is C12H15N3. The molecule has 1 aromatic heterocycles. The standard InChI is InChI=1S/C12H15N3/c1-8(2)9-3-4-11-10(7-9)14-12-13-5-6-15(11)12/h3-4,7-8H,5-6H2,1-2H3,(H,13,14). The first kappa shape index (κ1) is 8.77. The van der Waals surface area contributed by atoms with Crippen molar-refractivity contribution in [1.29, 1.82) is 0 Å². The molecule has 0 unspecified atom stereocenters. The number of aromatic nitrogens is 2. The predicted octanol–water partition coefficient (Wildman–Crippen LogP) is 2.59. The molecular weight excluding hydrogens is 186 g/mol. The minimum absolute atomic E-state index is 0.568. The van der Waals surface area contributed by atoms with Gasteiger partial charge in [-0.1, -0.05) is 19.9 Å². The normalized spacial score (nSPS) is 14.6. The Bertz CT molecular complexity index is 511. The Morgan fingerprint density at radius 2 is 2.27 bits per heavy atom. The van der Waals surface area contributed by atoms with Gasteiger partial charge in [0, 0.05) is 13.1 Å². The third-order valence-corrected chi connectivity index (χ3v) is 3.06. The SMILES string of the molecule is CC(C)c1ccc2c(c1)nc1n2CCN1. The second-order valence-electron chi connectivity index (χ2n) is 4.42. The highest BCUT2D eigenvalue weighted by atomic mass is 15.3. The molecule has 15 heavy (non-hydrogen) atoms. The molecule has 0 fully saturated rings. The molecule has 0 amide bonds. The smallest absolute Gasteiger partial charge is 0.204 e. The second-order valence-corrected chi connectivity index (χ2v) is 4.42. The molecule has 0 atom stereocenters. The number of imidazole rings is 1. The molecule has 1 aliphatic heterocycles. The van der Waals surface area contributed by atoms with Gasteiger partial charge >= 0.3 is 0 Å². The lowest BCUT2D eigenvalue weighted by Gasteiger charge is -2.04. The van der Waals surface area contributed by atoms with Gasteiger partial charge in [-0.15, -0.1) is 0 Å². The van der Waals surface area contributed by atoms with Crippen LogP contribution in [0.15, 0.2) is 18.2 Å². The van der Waals surface area contributed by atoms with E-state index in [0.717, 1.165) is 24.6 Å². The number of benzene rings is 1. The van der Waals surface area contributed by atoms with Crippen LogP contribution in [0.2, 0.25) is 0 Å². The third-order valence-electron chi connectivity index (χ3n) is 3.06. The number of nitrogens with zero attached hydrogens (tertiary/aromatic N) is 2. The van der Waals surface area contributed by atoms with E-state index in [0.29, 0.717) is 5.92 Å². The maximum atomic E-state index is 4.59. The van der Waals surface area contributed by atoms with Gasteiger partial charge in [-0.05, 0) is 23.6 Å². The van der Waals surface area contributed by atoms with Gasteiger partial charge in [0.25, 0.3) is 0 Å². The van der Waals surface area contributed by atoms with Crippen molar-refractivity contribution in [3.8, 4) is 0 Å². The molecule has 3 heteroatoms. The van der Waals surface area contributed by atoms with Gasteiger partial charge in [0.2, 0.25) is 5.95 Å². The van der Waals surface area contributed by atoms with Crippen molar-refractivity contribution < 1.29 is 0 Å². The van der Waals surface area contributed by atoms with Crippen molar-refractivity contribution in [2.45, 2.75) is 26.3 Å². The summed E-state index contributed by atoms with van der Waals surface area (Å²) in [5, 5.41) is 3.29. The summed E-state index contributed by atoms with van der Waals surface area (Å²) in [5.41, 5.74) is 3.72. The molecule has 0 spiro atoms. The Balaban J connectivity index is 2.22. The van der Waals surface area contributed by atoms with Crippen LogP contribution >= 0.6 is 0 Å². The molecule has 0 bridgehead atoms. The quantitative estimate of drug-likeness (QED) is 0.768. The fraction of sp³-hybridized carbons (Fsp3) is 0.417. The summed E-state index contributed by atoms with van der Waals surface area (Å²) in [6.07, 6.45) is 0. The fourth-order valence-corrected chi connectivity index (χ4v) is 2.15. The van der Waals surface area contributed by atoms with Gasteiger partial charge in [0.05, 0.1) is 11.0 Å². The summed E-state index contributed by atoms with van der Waals surface area (Å²) in [6, 6.07) is 6.60. The van der Waals surface area contributed by atoms with Crippen LogP contribution in [0.5, 0.6) is 0 Å². The maximum absolute atomic E-state index is 4.59. The van der Waals surface area contributed by atoms with E-state index in [1.165, 1.54) is 11.1 Å². The molecule has 0 aliphatic carbocycles. The van der Waals surface area contributed by atoms with Crippen molar-refractivity contribution in [3.05, 3.63) is 23.8 Å². The Morgan fingerprint density at radius 3 is 3.07 bits per heavy atom. The molecule has 78 valence electrons. The molecule has 0 saturated carbocycles. The number of anilines is 1. The Kier molecular flexibility index (Phi) is 1.75. The van der Waals surface area contributed by atoms with E-state index in [-0.39, 0.29) is 0 Å². The molecule has 1 aromatic carbocycles. The van der Waals surface area contributed by atoms with Crippen molar-refractivity contribution in [1.82, 2.24) is 9.55 Å². The van der Waals surface area contributed by atoms with Gasteiger partial charge in [0.1, 0.15) is 0 Å². The molecule has 3 rings (SSSR count). The lowest BCUT2D eigenvalue weighted by atomic mass is 10.0. The molecule has 1 N–H and O–H groups in total. The lowest BCUT2D eigenvalue weighted by Crippen LogP contribution is -1.95. The van der Waals surface area contributed by atoms with Crippen molar-refractivity contribution >= 4 is 17.0 Å². The first-order valence-electron chi connectivity index (χ1n) is 5.50. The Morgan fingerprint density at radius 1 is 1.40 bits per heavy atom. The van der Waals surface area contributed by atoms with Gasteiger partial charge in [0.15, 0.2) is 0 Å². The summed E-state index contributed by atoms with van der Waals surface area (Å²) in [7, 11) is 0. The number of nitrogens with one attached hydrogen (secondary N) is 1.